The van der Waals surface area contributed by atoms with E-state index in [0.717, 1.165) is 35.1 Å². The molecule has 2 aliphatic rings. The lowest BCUT2D eigenvalue weighted by molar-refractivity contribution is -0.136. The Morgan fingerprint density at radius 2 is 1.96 bits per heavy atom. The minimum Gasteiger partial charge on any atom is -0.341 e. The van der Waals surface area contributed by atoms with Gasteiger partial charge in [-0.25, -0.2) is 0 Å². The Hall–Kier alpha value is -2.15. The molecule has 0 aromatic carbocycles. The first-order valence-corrected chi connectivity index (χ1v) is 8.79. The summed E-state index contributed by atoms with van der Waals surface area (Å²) in [7, 11) is 0. The van der Waals surface area contributed by atoms with Gasteiger partial charge in [0.1, 0.15) is 6.54 Å². The number of pyridine rings is 1. The molecule has 2 fully saturated rings. The van der Waals surface area contributed by atoms with Crippen LogP contribution < -0.4 is 0 Å². The summed E-state index contributed by atoms with van der Waals surface area (Å²) in [6.45, 7) is 3.39. The molecule has 0 saturated carbocycles. The van der Waals surface area contributed by atoms with Crippen molar-refractivity contribution >= 4 is 34.9 Å². The normalized spacial score (nSPS) is 21.0. The van der Waals surface area contributed by atoms with Gasteiger partial charge in [0.15, 0.2) is 0 Å². The van der Waals surface area contributed by atoms with Crippen LogP contribution in [0.2, 0.25) is 0 Å². The molecular weight excluding hydrogens is 326 g/mol. The van der Waals surface area contributed by atoms with Crippen molar-refractivity contribution in [3.63, 3.8) is 0 Å². The van der Waals surface area contributed by atoms with Crippen LogP contribution in [0.15, 0.2) is 29.4 Å². The second-order valence-corrected chi connectivity index (χ2v) is 7.10. The van der Waals surface area contributed by atoms with E-state index in [2.05, 4.69) is 11.9 Å². The van der Waals surface area contributed by atoms with Gasteiger partial charge >= 0.3 is 0 Å². The highest BCUT2D eigenvalue weighted by atomic mass is 32.2. The third kappa shape index (κ3) is 3.67. The van der Waals surface area contributed by atoms with Crippen molar-refractivity contribution in [2.45, 2.75) is 19.8 Å². The largest absolute Gasteiger partial charge is 0.341 e. The van der Waals surface area contributed by atoms with Gasteiger partial charge in [-0.1, -0.05) is 6.92 Å². The van der Waals surface area contributed by atoms with E-state index in [1.165, 1.54) is 0 Å². The van der Waals surface area contributed by atoms with Crippen molar-refractivity contribution < 1.29 is 14.4 Å². The third-order valence-electron chi connectivity index (χ3n) is 4.31. The summed E-state index contributed by atoms with van der Waals surface area (Å²) in [5.41, 5.74) is 0.798. The Balaban J connectivity index is 1.66. The molecule has 24 heavy (non-hydrogen) atoms. The fourth-order valence-corrected chi connectivity index (χ4v) is 3.58. The fraction of sp³-hybridized carbons (Fsp3) is 0.412. The summed E-state index contributed by atoms with van der Waals surface area (Å²) in [4.78, 5) is 43.9. The van der Waals surface area contributed by atoms with Crippen LogP contribution in [0.4, 0.5) is 4.79 Å². The number of amides is 3. The number of rotatable bonds is 3. The van der Waals surface area contributed by atoms with Crippen LogP contribution in [-0.4, -0.2) is 51.5 Å². The first-order valence-electron chi connectivity index (χ1n) is 7.98. The molecule has 0 aliphatic carbocycles. The van der Waals surface area contributed by atoms with Crippen LogP contribution in [0.1, 0.15) is 25.3 Å². The zero-order valence-corrected chi connectivity index (χ0v) is 14.3. The summed E-state index contributed by atoms with van der Waals surface area (Å²) < 4.78 is 0. The highest BCUT2D eigenvalue weighted by Gasteiger charge is 2.37. The quantitative estimate of drug-likeness (QED) is 0.787. The topological polar surface area (TPSA) is 70.6 Å². The average molecular weight is 345 g/mol. The predicted octanol–water partition coefficient (Wildman–Crippen LogP) is 2.38. The van der Waals surface area contributed by atoms with Crippen LogP contribution in [-0.2, 0) is 9.59 Å². The number of carbonyl (C=O) groups is 3. The molecule has 0 N–H and O–H groups in total. The standard InChI is InChI=1S/C17H19N3O3S/c1-12-4-8-19(9-5-12)15(21)11-20-16(22)14(24-17(20)23)10-13-2-6-18-7-3-13/h2-3,6-7,10,12H,4-5,8-9,11H2,1H3/b14-10+. The van der Waals surface area contributed by atoms with E-state index >= 15 is 0 Å². The second kappa shape index (κ2) is 7.17. The van der Waals surface area contributed by atoms with Gasteiger partial charge in [0.25, 0.3) is 11.1 Å². The summed E-state index contributed by atoms with van der Waals surface area (Å²) in [5.74, 6) is 0.0597. The minimum atomic E-state index is -0.402. The average Bonchev–Trinajstić information content (AvgIpc) is 2.84. The lowest BCUT2D eigenvalue weighted by Crippen LogP contribution is -2.45. The van der Waals surface area contributed by atoms with E-state index in [-0.39, 0.29) is 17.7 Å². The summed E-state index contributed by atoms with van der Waals surface area (Å²) in [6.07, 6.45) is 6.83. The number of imide groups is 1. The van der Waals surface area contributed by atoms with Crippen molar-refractivity contribution in [2.75, 3.05) is 19.6 Å². The Kier molecular flexibility index (Phi) is 4.99. The van der Waals surface area contributed by atoms with Crippen LogP contribution in [0.3, 0.4) is 0 Å². The number of nitrogens with zero attached hydrogens (tertiary/aromatic N) is 3. The van der Waals surface area contributed by atoms with E-state index in [1.54, 1.807) is 35.5 Å². The van der Waals surface area contributed by atoms with Gasteiger partial charge in [0.05, 0.1) is 4.91 Å². The molecule has 0 unspecified atom stereocenters. The maximum Gasteiger partial charge on any atom is 0.294 e. The molecule has 6 nitrogen and oxygen atoms in total. The first-order chi connectivity index (χ1) is 11.5. The molecule has 2 saturated heterocycles. The smallest absolute Gasteiger partial charge is 0.294 e. The van der Waals surface area contributed by atoms with E-state index in [9.17, 15) is 14.4 Å². The molecule has 1 aromatic rings. The lowest BCUT2D eigenvalue weighted by atomic mass is 9.99. The molecular formula is C17H19N3O3S. The van der Waals surface area contributed by atoms with Crippen molar-refractivity contribution in [2.24, 2.45) is 5.92 Å². The molecule has 7 heteroatoms. The summed E-state index contributed by atoms with van der Waals surface area (Å²) in [5, 5.41) is -0.390. The molecule has 0 bridgehead atoms. The van der Waals surface area contributed by atoms with E-state index in [1.807, 2.05) is 0 Å². The van der Waals surface area contributed by atoms with E-state index in [4.69, 9.17) is 0 Å². The number of hydrogen-bond acceptors (Lipinski definition) is 5. The molecule has 3 rings (SSSR count). The number of piperidine rings is 1. The van der Waals surface area contributed by atoms with Crippen LogP contribution in [0.25, 0.3) is 6.08 Å². The second-order valence-electron chi connectivity index (χ2n) is 6.11. The molecule has 2 aliphatic heterocycles. The number of likely N-dealkylation sites (tertiary alicyclic amines) is 1. The maximum absolute atomic E-state index is 12.4. The van der Waals surface area contributed by atoms with Crippen LogP contribution in [0.5, 0.6) is 0 Å². The number of hydrogen-bond donors (Lipinski definition) is 0. The van der Waals surface area contributed by atoms with Gasteiger partial charge in [0.2, 0.25) is 5.91 Å². The zero-order chi connectivity index (χ0) is 17.1. The van der Waals surface area contributed by atoms with E-state index in [0.29, 0.717) is 23.9 Å². The minimum absolute atomic E-state index is 0.158. The molecule has 126 valence electrons. The monoisotopic (exact) mass is 345 g/mol. The lowest BCUT2D eigenvalue weighted by Gasteiger charge is -2.31. The molecule has 0 spiro atoms. The van der Waals surface area contributed by atoms with Gasteiger partial charge in [-0.15, -0.1) is 0 Å². The third-order valence-corrected chi connectivity index (χ3v) is 5.21. The Labute approximate surface area is 144 Å². The fourth-order valence-electron chi connectivity index (χ4n) is 2.74. The summed E-state index contributed by atoms with van der Waals surface area (Å²) in [6, 6.07) is 3.52. The highest BCUT2D eigenvalue weighted by Crippen LogP contribution is 2.32. The maximum atomic E-state index is 12.4. The van der Waals surface area contributed by atoms with Crippen molar-refractivity contribution in [3.8, 4) is 0 Å². The number of carbonyl (C=O) groups excluding carboxylic acids is 3. The molecule has 0 radical (unpaired) electrons. The van der Waals surface area contributed by atoms with Gasteiger partial charge in [-0.05, 0) is 54.3 Å². The summed E-state index contributed by atoms with van der Waals surface area (Å²) >= 11 is 0.873. The number of thioether (sulfide) groups is 1. The molecule has 3 heterocycles. The highest BCUT2D eigenvalue weighted by molar-refractivity contribution is 8.18. The number of aromatic nitrogens is 1. The Morgan fingerprint density at radius 3 is 2.62 bits per heavy atom. The van der Waals surface area contributed by atoms with Crippen molar-refractivity contribution in [3.05, 3.63) is 35.0 Å². The van der Waals surface area contributed by atoms with Crippen LogP contribution >= 0.6 is 11.8 Å². The Bertz CT molecular complexity index is 682. The van der Waals surface area contributed by atoms with Crippen molar-refractivity contribution in [1.29, 1.82) is 0 Å². The Morgan fingerprint density at radius 1 is 1.29 bits per heavy atom. The predicted molar refractivity (Wildman–Crippen MR) is 91.9 cm³/mol. The zero-order valence-electron chi connectivity index (χ0n) is 13.5. The molecule has 0 atom stereocenters. The SMILES string of the molecule is CC1CCN(C(=O)CN2C(=O)S/C(=C/c3ccncc3)C2=O)CC1. The molecule has 3 amide bonds. The van der Waals surface area contributed by atoms with Gasteiger partial charge in [-0.3, -0.25) is 24.3 Å². The van der Waals surface area contributed by atoms with E-state index < -0.39 is 5.91 Å². The van der Waals surface area contributed by atoms with Gasteiger partial charge < -0.3 is 4.90 Å². The molecule has 1 aromatic heterocycles. The van der Waals surface area contributed by atoms with Gasteiger partial charge in [0, 0.05) is 25.5 Å². The van der Waals surface area contributed by atoms with Crippen LogP contribution in [0, 0.1) is 5.92 Å². The van der Waals surface area contributed by atoms with Gasteiger partial charge in [-0.2, -0.15) is 0 Å². The first kappa shape index (κ1) is 16.7. The van der Waals surface area contributed by atoms with Crippen molar-refractivity contribution in [1.82, 2.24) is 14.8 Å².